The highest BCUT2D eigenvalue weighted by molar-refractivity contribution is 5.95. The Morgan fingerprint density at radius 1 is 0.784 bits per heavy atom. The molecule has 0 fully saturated rings. The number of carboxylic acid groups (broad SMARTS) is 1. The van der Waals surface area contributed by atoms with E-state index in [-0.39, 0.29) is 12.2 Å². The highest BCUT2D eigenvalue weighted by Gasteiger charge is 2.32. The van der Waals surface area contributed by atoms with E-state index in [2.05, 4.69) is 16.0 Å². The van der Waals surface area contributed by atoms with Crippen LogP contribution in [-0.4, -0.2) is 105 Å². The maximum absolute atomic E-state index is 13.0. The smallest absolute Gasteiger partial charge is 0.328 e. The highest BCUT2D eigenvalue weighted by Crippen LogP contribution is 2.12. The van der Waals surface area contributed by atoms with Crippen LogP contribution in [0.4, 0.5) is 0 Å². The summed E-state index contributed by atoms with van der Waals surface area (Å²) in [6.45, 7) is 0.703. The molecule has 15 nitrogen and oxygen atoms in total. The van der Waals surface area contributed by atoms with Gasteiger partial charge in [-0.15, -0.1) is 0 Å². The second-order valence-electron chi connectivity index (χ2n) is 8.27. The molecule has 4 amide bonds. The third-order valence-corrected chi connectivity index (χ3v) is 5.10. The number of nitrogens with two attached hydrogens (primary N) is 1. The molecule has 0 saturated heterocycles. The quantitative estimate of drug-likeness (QED) is 0.111. The summed E-state index contributed by atoms with van der Waals surface area (Å²) in [6.07, 6.45) is -1.66. The Kier molecular flexibility index (Phi) is 12.4. The molecule has 6 unspecified atom stereocenters. The van der Waals surface area contributed by atoms with E-state index in [1.165, 1.54) is 31.2 Å². The number of aliphatic carboxylic acids is 1. The third-order valence-electron chi connectivity index (χ3n) is 5.10. The summed E-state index contributed by atoms with van der Waals surface area (Å²) in [5, 5.41) is 56.0. The first kappa shape index (κ1) is 31.2. The van der Waals surface area contributed by atoms with Crippen molar-refractivity contribution in [3.05, 3.63) is 29.8 Å². The molecule has 0 bridgehead atoms. The van der Waals surface area contributed by atoms with Gasteiger partial charge >= 0.3 is 5.97 Å². The van der Waals surface area contributed by atoms with E-state index in [0.717, 1.165) is 6.92 Å². The molecule has 0 aliphatic heterocycles. The lowest BCUT2D eigenvalue weighted by Crippen LogP contribution is -2.60. The van der Waals surface area contributed by atoms with E-state index in [1.807, 2.05) is 5.32 Å². The van der Waals surface area contributed by atoms with Crippen molar-refractivity contribution in [3.63, 3.8) is 0 Å². The van der Waals surface area contributed by atoms with Gasteiger partial charge in [0.2, 0.25) is 23.6 Å². The average Bonchev–Trinajstić information content (AvgIpc) is 2.83. The number of nitrogens with one attached hydrogen (secondary N) is 4. The largest absolute Gasteiger partial charge is 0.508 e. The number of carbonyl (C=O) groups excluding carboxylic acids is 4. The van der Waals surface area contributed by atoms with Crippen LogP contribution in [-0.2, 0) is 30.4 Å². The fraction of sp³-hybridized carbons (Fsp3) is 0.500. The second kappa shape index (κ2) is 14.7. The van der Waals surface area contributed by atoms with Gasteiger partial charge in [0, 0.05) is 6.42 Å². The molecule has 6 atom stereocenters. The van der Waals surface area contributed by atoms with Gasteiger partial charge in [-0.1, -0.05) is 12.1 Å². The Morgan fingerprint density at radius 3 is 1.65 bits per heavy atom. The first-order valence-electron chi connectivity index (χ1n) is 11.2. The fourth-order valence-electron chi connectivity index (χ4n) is 2.96. The first-order valence-corrected chi connectivity index (χ1v) is 11.2. The van der Waals surface area contributed by atoms with Gasteiger partial charge in [-0.25, -0.2) is 4.79 Å². The molecule has 1 aromatic rings. The summed E-state index contributed by atoms with van der Waals surface area (Å²) >= 11 is 0. The van der Waals surface area contributed by atoms with Crippen molar-refractivity contribution in [1.82, 2.24) is 21.3 Å². The van der Waals surface area contributed by atoms with Crippen LogP contribution in [0.2, 0.25) is 0 Å². The Labute approximate surface area is 212 Å². The molecular formula is C22H33N5O10. The standard InChI is InChI=1S/C22H33N5O10/c1-10(23)18(32)25-15(8-28)20(34)24-14(7-12-3-5-13(31)6-4-12)19(33)26-16(9-29)21(35)27-17(11(2)30)22(36)37/h3-6,10-11,14-17,28-31H,7-9,23H2,1-2H3,(H,24,34)(H,25,32)(H,26,33)(H,27,35)(H,36,37). The molecule has 0 aliphatic rings. The molecular weight excluding hydrogens is 494 g/mol. The highest BCUT2D eigenvalue weighted by atomic mass is 16.4. The predicted octanol–water partition coefficient (Wildman–Crippen LogP) is -4.33. The third kappa shape index (κ3) is 10.0. The Hall–Kier alpha value is -3.79. The molecule has 15 heteroatoms. The Balaban J connectivity index is 3.11. The van der Waals surface area contributed by atoms with E-state index < -0.39 is 79.1 Å². The van der Waals surface area contributed by atoms with Crippen molar-refractivity contribution >= 4 is 29.6 Å². The predicted molar refractivity (Wildman–Crippen MR) is 127 cm³/mol. The van der Waals surface area contributed by atoms with Crippen molar-refractivity contribution < 1.29 is 49.5 Å². The number of hydrogen-bond acceptors (Lipinski definition) is 10. The SMILES string of the molecule is CC(N)C(=O)NC(CO)C(=O)NC(Cc1ccc(O)cc1)C(=O)NC(CO)C(=O)NC(C(=O)O)C(C)O. The number of aliphatic hydroxyl groups excluding tert-OH is 3. The molecule has 0 heterocycles. The Bertz CT molecular complexity index is 954. The van der Waals surface area contributed by atoms with Gasteiger partial charge in [-0.2, -0.15) is 0 Å². The monoisotopic (exact) mass is 527 g/mol. The first-order chi connectivity index (χ1) is 17.3. The zero-order chi connectivity index (χ0) is 28.3. The molecule has 0 aliphatic carbocycles. The number of phenolic OH excluding ortho intramolecular Hbond substituents is 1. The molecule has 206 valence electrons. The molecule has 1 rings (SSSR count). The van der Waals surface area contributed by atoms with Gasteiger partial charge < -0.3 is 52.5 Å². The van der Waals surface area contributed by atoms with Crippen molar-refractivity contribution in [3.8, 4) is 5.75 Å². The number of carboxylic acids is 1. The van der Waals surface area contributed by atoms with Crippen LogP contribution < -0.4 is 27.0 Å². The van der Waals surface area contributed by atoms with Crippen molar-refractivity contribution in [2.24, 2.45) is 5.73 Å². The van der Waals surface area contributed by atoms with Crippen molar-refractivity contribution in [2.45, 2.75) is 56.6 Å². The minimum atomic E-state index is -1.72. The van der Waals surface area contributed by atoms with Gasteiger partial charge in [0.15, 0.2) is 6.04 Å². The average molecular weight is 528 g/mol. The second-order valence-corrected chi connectivity index (χ2v) is 8.27. The lowest BCUT2D eigenvalue weighted by Gasteiger charge is -2.25. The summed E-state index contributed by atoms with van der Waals surface area (Å²) in [5.41, 5.74) is 5.91. The summed E-state index contributed by atoms with van der Waals surface area (Å²) in [6, 6.07) is -1.66. The Morgan fingerprint density at radius 2 is 1.22 bits per heavy atom. The van der Waals surface area contributed by atoms with Gasteiger partial charge in [0.05, 0.1) is 25.4 Å². The van der Waals surface area contributed by atoms with Crippen LogP contribution >= 0.6 is 0 Å². The van der Waals surface area contributed by atoms with Crippen LogP contribution in [0.15, 0.2) is 24.3 Å². The molecule has 0 aromatic heterocycles. The van der Waals surface area contributed by atoms with Crippen LogP contribution in [0.1, 0.15) is 19.4 Å². The fourth-order valence-corrected chi connectivity index (χ4v) is 2.96. The molecule has 0 saturated carbocycles. The minimum Gasteiger partial charge on any atom is -0.508 e. The summed E-state index contributed by atoms with van der Waals surface area (Å²) in [5.74, 6) is -5.40. The number of hydrogen-bond donors (Lipinski definition) is 10. The zero-order valence-electron chi connectivity index (χ0n) is 20.2. The maximum atomic E-state index is 13.0. The topological polar surface area (TPSA) is 261 Å². The molecule has 0 radical (unpaired) electrons. The lowest BCUT2D eigenvalue weighted by molar-refractivity contribution is -0.145. The van der Waals surface area contributed by atoms with E-state index in [4.69, 9.17) is 10.8 Å². The van der Waals surface area contributed by atoms with E-state index in [0.29, 0.717) is 5.56 Å². The summed E-state index contributed by atoms with van der Waals surface area (Å²) in [7, 11) is 0. The summed E-state index contributed by atoms with van der Waals surface area (Å²) in [4.78, 5) is 61.2. The number of phenols is 1. The van der Waals surface area contributed by atoms with Gasteiger partial charge in [-0.3, -0.25) is 19.2 Å². The normalized spacial score (nSPS) is 15.7. The maximum Gasteiger partial charge on any atom is 0.328 e. The van der Waals surface area contributed by atoms with Crippen molar-refractivity contribution in [2.75, 3.05) is 13.2 Å². The molecule has 1 aromatic carbocycles. The van der Waals surface area contributed by atoms with Crippen LogP contribution in [0.3, 0.4) is 0 Å². The van der Waals surface area contributed by atoms with E-state index in [1.54, 1.807) is 0 Å². The van der Waals surface area contributed by atoms with Crippen LogP contribution in [0.5, 0.6) is 5.75 Å². The van der Waals surface area contributed by atoms with Gasteiger partial charge in [0.25, 0.3) is 0 Å². The summed E-state index contributed by atoms with van der Waals surface area (Å²) < 4.78 is 0. The van der Waals surface area contributed by atoms with Gasteiger partial charge in [-0.05, 0) is 31.5 Å². The number of amides is 4. The molecule has 0 spiro atoms. The number of rotatable bonds is 14. The number of aromatic hydroxyl groups is 1. The van der Waals surface area contributed by atoms with Crippen LogP contribution in [0.25, 0.3) is 0 Å². The number of benzene rings is 1. The molecule has 37 heavy (non-hydrogen) atoms. The lowest BCUT2D eigenvalue weighted by atomic mass is 10.0. The van der Waals surface area contributed by atoms with Crippen molar-refractivity contribution in [1.29, 1.82) is 0 Å². The van der Waals surface area contributed by atoms with E-state index >= 15 is 0 Å². The van der Waals surface area contributed by atoms with Crippen LogP contribution in [0, 0.1) is 0 Å². The minimum absolute atomic E-state index is 0.0594. The molecule has 11 N–H and O–H groups in total. The number of aliphatic hydroxyl groups is 3. The van der Waals surface area contributed by atoms with Gasteiger partial charge in [0.1, 0.15) is 23.9 Å². The number of carbonyl (C=O) groups is 5. The zero-order valence-corrected chi connectivity index (χ0v) is 20.2. The van der Waals surface area contributed by atoms with E-state index in [9.17, 15) is 44.4 Å².